The van der Waals surface area contributed by atoms with Crippen LogP contribution in [0.1, 0.15) is 174 Å². The fraction of sp³-hybridized carbons (Fsp3) is 0.879. The number of rotatable bonds is 29. The number of aliphatic carboxylic acids is 1. The standard InChI is InChI=1S/C33H62O4/c1-3-5-6-7-8-9-10-11-12-13-14-15-16-17-18-19-20-21-22-23-24-25-26-27-28-31(30-32(34)35)33(36)37-29-4-2/h18-19,31H,3-17,20-30H2,1-2H3,(H,34,35)/b19-18+. The first-order chi connectivity index (χ1) is 18.1. The van der Waals surface area contributed by atoms with E-state index in [1.807, 2.05) is 6.92 Å². The summed E-state index contributed by atoms with van der Waals surface area (Å²) in [5.74, 6) is -1.75. The van der Waals surface area contributed by atoms with Gasteiger partial charge in [-0.05, 0) is 38.5 Å². The zero-order valence-corrected chi connectivity index (χ0v) is 24.8. The molecule has 0 rings (SSSR count). The van der Waals surface area contributed by atoms with E-state index in [-0.39, 0.29) is 12.4 Å². The van der Waals surface area contributed by atoms with Crippen LogP contribution in [0.2, 0.25) is 0 Å². The SMILES string of the molecule is CCCCCCCCCCCCCCC/C=C/CCCCCCCCCC(CC(=O)O)C(=O)OCCC. The Labute approximate surface area is 230 Å². The zero-order chi connectivity index (χ0) is 27.2. The smallest absolute Gasteiger partial charge is 0.309 e. The molecule has 1 N–H and O–H groups in total. The summed E-state index contributed by atoms with van der Waals surface area (Å²) in [4.78, 5) is 23.0. The molecular weight excluding hydrogens is 460 g/mol. The molecule has 0 bridgehead atoms. The van der Waals surface area contributed by atoms with Crippen LogP contribution in [0, 0.1) is 5.92 Å². The van der Waals surface area contributed by atoms with E-state index >= 15 is 0 Å². The van der Waals surface area contributed by atoms with Gasteiger partial charge >= 0.3 is 11.9 Å². The van der Waals surface area contributed by atoms with Crippen LogP contribution in [0.4, 0.5) is 0 Å². The number of ether oxygens (including phenoxy) is 1. The minimum atomic E-state index is -0.920. The van der Waals surface area contributed by atoms with Gasteiger partial charge in [0.2, 0.25) is 0 Å². The monoisotopic (exact) mass is 522 g/mol. The van der Waals surface area contributed by atoms with Crippen LogP contribution in [-0.4, -0.2) is 23.7 Å². The van der Waals surface area contributed by atoms with E-state index in [9.17, 15) is 9.59 Å². The number of hydrogen-bond acceptors (Lipinski definition) is 3. The zero-order valence-electron chi connectivity index (χ0n) is 24.8. The van der Waals surface area contributed by atoms with Crippen LogP contribution in [0.3, 0.4) is 0 Å². The van der Waals surface area contributed by atoms with Crippen LogP contribution in [0.15, 0.2) is 12.2 Å². The molecule has 4 heteroatoms. The Morgan fingerprint density at radius 2 is 1.00 bits per heavy atom. The Kier molecular flexibility index (Phi) is 28.2. The third kappa shape index (κ3) is 27.5. The summed E-state index contributed by atoms with van der Waals surface area (Å²) < 4.78 is 5.15. The lowest BCUT2D eigenvalue weighted by Crippen LogP contribution is -2.21. The second-order valence-electron chi connectivity index (χ2n) is 11.0. The molecule has 1 atom stereocenters. The first kappa shape index (κ1) is 35.7. The largest absolute Gasteiger partial charge is 0.481 e. The van der Waals surface area contributed by atoms with Gasteiger partial charge < -0.3 is 9.84 Å². The quantitative estimate of drug-likeness (QED) is 0.0602. The molecule has 0 saturated carbocycles. The number of allylic oxidation sites excluding steroid dienone is 2. The molecule has 0 aromatic rings. The molecule has 218 valence electrons. The summed E-state index contributed by atoms with van der Waals surface area (Å²) >= 11 is 0. The van der Waals surface area contributed by atoms with Crippen LogP contribution >= 0.6 is 0 Å². The molecule has 0 heterocycles. The highest BCUT2D eigenvalue weighted by Gasteiger charge is 2.22. The summed E-state index contributed by atoms with van der Waals surface area (Å²) in [5.41, 5.74) is 0. The van der Waals surface area contributed by atoms with Gasteiger partial charge in [-0.3, -0.25) is 9.59 Å². The first-order valence-corrected chi connectivity index (χ1v) is 16.1. The van der Waals surface area contributed by atoms with Gasteiger partial charge in [0.25, 0.3) is 0 Å². The molecule has 0 fully saturated rings. The van der Waals surface area contributed by atoms with Crippen molar-refractivity contribution in [2.75, 3.05) is 6.61 Å². The maximum absolute atomic E-state index is 12.0. The van der Waals surface area contributed by atoms with Crippen LogP contribution in [0.25, 0.3) is 0 Å². The lowest BCUT2D eigenvalue weighted by molar-refractivity contribution is -0.153. The number of carboxylic acids is 1. The van der Waals surface area contributed by atoms with E-state index in [0.29, 0.717) is 13.0 Å². The van der Waals surface area contributed by atoms with E-state index in [1.54, 1.807) is 0 Å². The maximum Gasteiger partial charge on any atom is 0.309 e. The fourth-order valence-corrected chi connectivity index (χ4v) is 4.89. The second kappa shape index (κ2) is 29.2. The molecule has 1 unspecified atom stereocenters. The highest BCUT2D eigenvalue weighted by molar-refractivity contribution is 5.79. The maximum atomic E-state index is 12.0. The Balaban J connectivity index is 3.40. The predicted octanol–water partition coefficient (Wildman–Crippen LogP) is 10.6. The van der Waals surface area contributed by atoms with Crippen molar-refractivity contribution < 1.29 is 19.4 Å². The van der Waals surface area contributed by atoms with E-state index in [4.69, 9.17) is 9.84 Å². The van der Waals surface area contributed by atoms with Gasteiger partial charge in [0.1, 0.15) is 0 Å². The first-order valence-electron chi connectivity index (χ1n) is 16.1. The van der Waals surface area contributed by atoms with Crippen molar-refractivity contribution >= 4 is 11.9 Å². The van der Waals surface area contributed by atoms with Gasteiger partial charge in [-0.25, -0.2) is 0 Å². The summed E-state index contributed by atoms with van der Waals surface area (Å²) in [6.07, 6.45) is 35.1. The molecule has 37 heavy (non-hydrogen) atoms. The highest BCUT2D eigenvalue weighted by atomic mass is 16.5. The molecule has 0 saturated heterocycles. The van der Waals surface area contributed by atoms with E-state index in [1.165, 1.54) is 128 Å². The Morgan fingerprint density at radius 1 is 0.595 bits per heavy atom. The molecule has 4 nitrogen and oxygen atoms in total. The van der Waals surface area contributed by atoms with Gasteiger partial charge in [0.05, 0.1) is 18.9 Å². The number of unbranched alkanes of at least 4 members (excludes halogenated alkanes) is 20. The van der Waals surface area contributed by atoms with Crippen molar-refractivity contribution in [3.63, 3.8) is 0 Å². The van der Waals surface area contributed by atoms with Gasteiger partial charge in [0.15, 0.2) is 0 Å². The van der Waals surface area contributed by atoms with Crippen LogP contribution in [-0.2, 0) is 14.3 Å². The van der Waals surface area contributed by atoms with Crippen molar-refractivity contribution in [1.82, 2.24) is 0 Å². The average molecular weight is 523 g/mol. The summed E-state index contributed by atoms with van der Waals surface area (Å²) in [5, 5.41) is 9.03. The molecule has 0 aliphatic carbocycles. The lowest BCUT2D eigenvalue weighted by atomic mass is 9.97. The third-order valence-electron chi connectivity index (χ3n) is 7.27. The summed E-state index contributed by atoms with van der Waals surface area (Å²) in [6, 6.07) is 0. The molecule has 0 aliphatic heterocycles. The molecule has 0 aromatic heterocycles. The molecule has 0 aliphatic rings. The fourth-order valence-electron chi connectivity index (χ4n) is 4.89. The summed E-state index contributed by atoms with van der Waals surface area (Å²) in [6.45, 7) is 4.61. The van der Waals surface area contributed by atoms with Crippen molar-refractivity contribution in [3.8, 4) is 0 Å². The molecule has 0 amide bonds. The van der Waals surface area contributed by atoms with Crippen molar-refractivity contribution in [3.05, 3.63) is 12.2 Å². The number of carboxylic acid groups (broad SMARTS) is 1. The van der Waals surface area contributed by atoms with Crippen LogP contribution < -0.4 is 0 Å². The second-order valence-corrected chi connectivity index (χ2v) is 11.0. The minimum Gasteiger partial charge on any atom is -0.481 e. The number of esters is 1. The van der Waals surface area contributed by atoms with Gasteiger partial charge in [-0.1, -0.05) is 142 Å². The van der Waals surface area contributed by atoms with Crippen LogP contribution in [0.5, 0.6) is 0 Å². The minimum absolute atomic E-state index is 0.116. The number of carbonyl (C=O) groups is 2. The molecule has 0 spiro atoms. The molecule has 0 radical (unpaired) electrons. The van der Waals surface area contributed by atoms with E-state index < -0.39 is 11.9 Å². The van der Waals surface area contributed by atoms with Crippen molar-refractivity contribution in [2.45, 2.75) is 174 Å². The number of hydrogen-bond donors (Lipinski definition) is 1. The molecule has 0 aromatic carbocycles. The van der Waals surface area contributed by atoms with Crippen molar-refractivity contribution in [1.29, 1.82) is 0 Å². The van der Waals surface area contributed by atoms with E-state index in [2.05, 4.69) is 19.1 Å². The Hall–Kier alpha value is -1.32. The normalized spacial score (nSPS) is 12.3. The van der Waals surface area contributed by atoms with Gasteiger partial charge in [-0.2, -0.15) is 0 Å². The molecular formula is C33H62O4. The highest BCUT2D eigenvalue weighted by Crippen LogP contribution is 2.18. The topological polar surface area (TPSA) is 63.6 Å². The number of carbonyl (C=O) groups excluding carboxylic acids is 1. The Bertz CT molecular complexity index is 528. The van der Waals surface area contributed by atoms with E-state index in [0.717, 1.165) is 19.3 Å². The van der Waals surface area contributed by atoms with Gasteiger partial charge in [0, 0.05) is 0 Å². The predicted molar refractivity (Wildman–Crippen MR) is 158 cm³/mol. The summed E-state index contributed by atoms with van der Waals surface area (Å²) in [7, 11) is 0. The van der Waals surface area contributed by atoms with Gasteiger partial charge in [-0.15, -0.1) is 0 Å². The lowest BCUT2D eigenvalue weighted by Gasteiger charge is -2.13. The third-order valence-corrected chi connectivity index (χ3v) is 7.27. The Morgan fingerprint density at radius 3 is 1.41 bits per heavy atom. The van der Waals surface area contributed by atoms with Crippen molar-refractivity contribution in [2.24, 2.45) is 5.92 Å². The average Bonchev–Trinajstić information content (AvgIpc) is 2.88.